The average Bonchev–Trinajstić information content (AvgIpc) is 2.14. The van der Waals surface area contributed by atoms with Gasteiger partial charge in [-0.1, -0.05) is 0 Å². The van der Waals surface area contributed by atoms with E-state index in [0.717, 1.165) is 6.20 Å². The van der Waals surface area contributed by atoms with Gasteiger partial charge in [0, 0.05) is 12.1 Å². The lowest BCUT2D eigenvalue weighted by molar-refractivity contribution is -0.141. The third-order valence-electron chi connectivity index (χ3n) is 1.33. The minimum atomic E-state index is -4.67. The first kappa shape index (κ1) is 10.8. The molecule has 0 aliphatic heterocycles. The monoisotopic (exact) mass is 212 g/mol. The lowest BCUT2D eigenvalue weighted by atomic mass is 10.2. The molecule has 2 N–H and O–H groups in total. The number of nitrogens with zero attached hydrogens (tertiary/aromatic N) is 3. The van der Waals surface area contributed by atoms with Crippen molar-refractivity contribution in [1.29, 1.82) is 5.26 Å². The molecule has 15 heavy (non-hydrogen) atoms. The summed E-state index contributed by atoms with van der Waals surface area (Å²) >= 11 is 0. The standard InChI is InChI=1S/C8H3F3N4/c9-8(10,11)6-5(2-1-3-12)4-14-7(13)15-6/h4H,(H2,13,14,15). The van der Waals surface area contributed by atoms with E-state index in [9.17, 15) is 13.2 Å². The molecule has 0 amide bonds. The van der Waals surface area contributed by atoms with Gasteiger partial charge in [0.1, 0.15) is 0 Å². The van der Waals surface area contributed by atoms with Gasteiger partial charge in [-0.2, -0.15) is 18.4 Å². The van der Waals surface area contributed by atoms with E-state index < -0.39 is 23.4 Å². The molecule has 0 unspecified atom stereocenters. The summed E-state index contributed by atoms with van der Waals surface area (Å²) in [4.78, 5) is 6.39. The number of alkyl halides is 3. The number of nitrogens with two attached hydrogens (primary N) is 1. The SMILES string of the molecule is N#CC#Cc1cnc(N)nc1C(F)(F)F. The van der Waals surface area contributed by atoms with Gasteiger partial charge in [0.05, 0.1) is 5.56 Å². The molecule has 0 aromatic carbocycles. The van der Waals surface area contributed by atoms with Crippen LogP contribution in [0, 0.1) is 23.2 Å². The van der Waals surface area contributed by atoms with Crippen molar-refractivity contribution in [2.24, 2.45) is 0 Å². The van der Waals surface area contributed by atoms with Crippen molar-refractivity contribution < 1.29 is 13.2 Å². The summed E-state index contributed by atoms with van der Waals surface area (Å²) in [6.07, 6.45) is -3.84. The zero-order valence-corrected chi connectivity index (χ0v) is 7.13. The van der Waals surface area contributed by atoms with Gasteiger partial charge in [-0.05, 0) is 5.92 Å². The Kier molecular flexibility index (Phi) is 2.77. The number of hydrogen-bond donors (Lipinski definition) is 1. The van der Waals surface area contributed by atoms with Crippen LogP contribution in [0.25, 0.3) is 0 Å². The first-order chi connectivity index (χ1) is 6.95. The minimum Gasteiger partial charge on any atom is -0.368 e. The van der Waals surface area contributed by atoms with Crippen molar-refractivity contribution in [3.63, 3.8) is 0 Å². The van der Waals surface area contributed by atoms with E-state index >= 15 is 0 Å². The van der Waals surface area contributed by atoms with Gasteiger partial charge in [-0.15, -0.1) is 0 Å². The van der Waals surface area contributed by atoms with E-state index in [1.54, 1.807) is 0 Å². The minimum absolute atomic E-state index is 0.474. The molecule has 1 aromatic heterocycles. The molecule has 0 saturated carbocycles. The predicted molar refractivity (Wildman–Crippen MR) is 43.9 cm³/mol. The van der Waals surface area contributed by atoms with Crippen LogP contribution in [0.3, 0.4) is 0 Å². The zero-order chi connectivity index (χ0) is 11.5. The molecule has 4 nitrogen and oxygen atoms in total. The van der Waals surface area contributed by atoms with Crippen molar-refractivity contribution in [2.75, 3.05) is 5.73 Å². The molecule has 0 radical (unpaired) electrons. The number of halogens is 3. The highest BCUT2D eigenvalue weighted by atomic mass is 19.4. The van der Waals surface area contributed by atoms with E-state index in [2.05, 4.69) is 9.97 Å². The number of nitrogen functional groups attached to an aromatic ring is 1. The predicted octanol–water partition coefficient (Wildman–Crippen LogP) is 0.953. The Morgan fingerprint density at radius 2 is 2.07 bits per heavy atom. The molecular formula is C8H3F3N4. The van der Waals surface area contributed by atoms with Crippen molar-refractivity contribution in [3.8, 4) is 17.9 Å². The highest BCUT2D eigenvalue weighted by molar-refractivity contribution is 5.42. The molecule has 0 fully saturated rings. The van der Waals surface area contributed by atoms with Crippen molar-refractivity contribution in [2.45, 2.75) is 6.18 Å². The second-order valence-electron chi connectivity index (χ2n) is 2.35. The van der Waals surface area contributed by atoms with Crippen LogP contribution in [0.5, 0.6) is 0 Å². The maximum atomic E-state index is 12.4. The van der Waals surface area contributed by atoms with Gasteiger partial charge < -0.3 is 5.73 Å². The van der Waals surface area contributed by atoms with Crippen LogP contribution >= 0.6 is 0 Å². The Morgan fingerprint density at radius 1 is 1.40 bits per heavy atom. The largest absolute Gasteiger partial charge is 0.434 e. The van der Waals surface area contributed by atoms with E-state index in [0.29, 0.717) is 0 Å². The van der Waals surface area contributed by atoms with E-state index in [1.807, 2.05) is 11.8 Å². The van der Waals surface area contributed by atoms with Gasteiger partial charge in [-0.3, -0.25) is 0 Å². The van der Waals surface area contributed by atoms with Gasteiger partial charge in [0.15, 0.2) is 11.8 Å². The van der Waals surface area contributed by atoms with E-state index in [1.165, 1.54) is 6.07 Å². The molecule has 1 rings (SSSR count). The number of rotatable bonds is 0. The summed E-state index contributed by atoms with van der Waals surface area (Å²) in [6.45, 7) is 0. The fourth-order valence-electron chi connectivity index (χ4n) is 0.798. The van der Waals surface area contributed by atoms with Crippen LogP contribution in [0.2, 0.25) is 0 Å². The Balaban J connectivity index is 3.35. The highest BCUT2D eigenvalue weighted by Gasteiger charge is 2.35. The summed E-state index contributed by atoms with van der Waals surface area (Å²) < 4.78 is 37.1. The molecule has 0 atom stereocenters. The van der Waals surface area contributed by atoms with Crippen LogP contribution < -0.4 is 5.73 Å². The summed E-state index contributed by atoms with van der Waals surface area (Å²) in [6, 6.07) is 1.39. The lowest BCUT2D eigenvalue weighted by Crippen LogP contribution is -2.13. The van der Waals surface area contributed by atoms with Gasteiger partial charge in [-0.25, -0.2) is 9.97 Å². The maximum absolute atomic E-state index is 12.4. The molecule has 76 valence electrons. The number of anilines is 1. The molecule has 1 aromatic rings. The van der Waals surface area contributed by atoms with Gasteiger partial charge in [0.25, 0.3) is 0 Å². The van der Waals surface area contributed by atoms with Crippen LogP contribution in [-0.2, 0) is 6.18 Å². The summed E-state index contributed by atoms with van der Waals surface area (Å²) in [5.74, 6) is 3.32. The quantitative estimate of drug-likeness (QED) is 0.649. The van der Waals surface area contributed by atoms with Crippen LogP contribution in [0.1, 0.15) is 11.3 Å². The summed E-state index contributed by atoms with van der Waals surface area (Å²) in [5.41, 5.74) is 3.31. The first-order valence-corrected chi connectivity index (χ1v) is 3.55. The molecule has 0 bridgehead atoms. The van der Waals surface area contributed by atoms with Gasteiger partial charge in [0.2, 0.25) is 5.95 Å². The topological polar surface area (TPSA) is 75.6 Å². The lowest BCUT2D eigenvalue weighted by Gasteiger charge is -2.07. The third-order valence-corrected chi connectivity index (χ3v) is 1.33. The Hall–Kier alpha value is -2.28. The first-order valence-electron chi connectivity index (χ1n) is 3.55. The number of nitriles is 1. The molecule has 0 aliphatic carbocycles. The van der Waals surface area contributed by atoms with Crippen molar-refractivity contribution >= 4 is 5.95 Å². The molecule has 0 saturated heterocycles. The summed E-state index contributed by atoms with van der Waals surface area (Å²) in [7, 11) is 0. The highest BCUT2D eigenvalue weighted by Crippen LogP contribution is 2.29. The maximum Gasteiger partial charge on any atom is 0.434 e. The molecular weight excluding hydrogens is 209 g/mol. The fraction of sp³-hybridized carbons (Fsp3) is 0.125. The van der Waals surface area contributed by atoms with Gasteiger partial charge >= 0.3 is 6.18 Å². The average molecular weight is 212 g/mol. The van der Waals surface area contributed by atoms with Crippen molar-refractivity contribution in [1.82, 2.24) is 9.97 Å². The Bertz CT molecular complexity index is 475. The van der Waals surface area contributed by atoms with Crippen LogP contribution in [-0.4, -0.2) is 9.97 Å². The molecule has 0 spiro atoms. The Morgan fingerprint density at radius 3 is 2.60 bits per heavy atom. The molecule has 7 heteroatoms. The second kappa shape index (κ2) is 3.84. The summed E-state index contributed by atoms with van der Waals surface area (Å²) in [5, 5.41) is 8.11. The Labute approximate surface area is 82.6 Å². The van der Waals surface area contributed by atoms with Crippen molar-refractivity contribution in [3.05, 3.63) is 17.5 Å². The third kappa shape index (κ3) is 2.58. The normalized spacial score (nSPS) is 10.0. The fourth-order valence-corrected chi connectivity index (χ4v) is 0.798. The zero-order valence-electron chi connectivity index (χ0n) is 7.13. The molecule has 0 aliphatic rings. The smallest absolute Gasteiger partial charge is 0.368 e. The number of aromatic nitrogens is 2. The van der Waals surface area contributed by atoms with Crippen LogP contribution in [0.15, 0.2) is 6.20 Å². The van der Waals surface area contributed by atoms with Crippen LogP contribution in [0.4, 0.5) is 19.1 Å². The second-order valence-corrected chi connectivity index (χ2v) is 2.35. The number of hydrogen-bond acceptors (Lipinski definition) is 4. The van der Waals surface area contributed by atoms with E-state index in [4.69, 9.17) is 11.0 Å². The molecule has 1 heterocycles. The van der Waals surface area contributed by atoms with E-state index in [-0.39, 0.29) is 0 Å².